The second kappa shape index (κ2) is 9.00. The molecule has 0 aliphatic heterocycles. The van der Waals surface area contributed by atoms with E-state index in [2.05, 4.69) is 0 Å². The van der Waals surface area contributed by atoms with Crippen molar-refractivity contribution < 1.29 is 25.9 Å². The third-order valence-electron chi connectivity index (χ3n) is 5.97. The molecule has 0 radical (unpaired) electrons. The minimum atomic E-state index is -5.13. The van der Waals surface area contributed by atoms with Gasteiger partial charge in [-0.1, -0.05) is 109 Å². The van der Waals surface area contributed by atoms with E-state index >= 15 is 0 Å². The molecule has 8 heteroatoms. The second-order valence-electron chi connectivity index (χ2n) is 8.18. The van der Waals surface area contributed by atoms with Gasteiger partial charge in [-0.3, -0.25) is 9.11 Å². The number of rotatable bonds is 5. The van der Waals surface area contributed by atoms with E-state index in [1.54, 1.807) is 66.7 Å². The molecule has 0 heterocycles. The summed E-state index contributed by atoms with van der Waals surface area (Å²) >= 11 is 0. The molecule has 180 valence electrons. The molecule has 0 saturated heterocycles. The highest BCUT2D eigenvalue weighted by molar-refractivity contribution is 7.89. The Morgan fingerprint density at radius 1 is 0.444 bits per heavy atom. The summed E-state index contributed by atoms with van der Waals surface area (Å²) in [5.41, 5.74) is 2.76. The molecule has 36 heavy (non-hydrogen) atoms. The van der Waals surface area contributed by atoms with E-state index in [-0.39, 0.29) is 10.9 Å². The van der Waals surface area contributed by atoms with Crippen molar-refractivity contribution in [1.29, 1.82) is 0 Å². The third kappa shape index (κ3) is 4.20. The van der Waals surface area contributed by atoms with E-state index < -0.39 is 30.0 Å². The predicted octanol–water partition coefficient (Wildman–Crippen LogP) is 6.33. The van der Waals surface area contributed by atoms with Gasteiger partial charge in [-0.2, -0.15) is 16.8 Å². The van der Waals surface area contributed by atoms with Gasteiger partial charge < -0.3 is 0 Å². The lowest BCUT2D eigenvalue weighted by Crippen LogP contribution is -2.12. The first-order valence-corrected chi connectivity index (χ1v) is 13.8. The second-order valence-corrected chi connectivity index (χ2v) is 10.9. The van der Waals surface area contributed by atoms with E-state index in [1.165, 1.54) is 6.07 Å². The van der Waals surface area contributed by atoms with Gasteiger partial charge in [0.1, 0.15) is 9.79 Å². The van der Waals surface area contributed by atoms with Crippen LogP contribution in [0.5, 0.6) is 0 Å². The molecule has 5 aromatic carbocycles. The van der Waals surface area contributed by atoms with Gasteiger partial charge in [0.15, 0.2) is 0 Å². The molecule has 0 aromatic heterocycles. The topological polar surface area (TPSA) is 109 Å². The van der Waals surface area contributed by atoms with Gasteiger partial charge >= 0.3 is 0 Å². The highest BCUT2D eigenvalue weighted by Gasteiger charge is 2.34. The molecule has 0 aliphatic rings. The summed E-state index contributed by atoms with van der Waals surface area (Å²) in [7, 11) is -10.2. The van der Waals surface area contributed by atoms with Crippen LogP contribution < -0.4 is 0 Å². The average Bonchev–Trinajstić information content (AvgIpc) is 2.87. The van der Waals surface area contributed by atoms with Crippen LogP contribution >= 0.6 is 0 Å². The van der Waals surface area contributed by atoms with E-state index in [4.69, 9.17) is 0 Å². The van der Waals surface area contributed by atoms with Crippen LogP contribution in [0.2, 0.25) is 0 Å². The first-order valence-electron chi connectivity index (χ1n) is 10.9. The summed E-state index contributed by atoms with van der Waals surface area (Å²) in [6.07, 6.45) is 0. The molecule has 5 aromatic rings. The number of fused-ring (bicyclic) bond motifs is 1. The van der Waals surface area contributed by atoms with Crippen molar-refractivity contribution >= 4 is 31.0 Å². The van der Waals surface area contributed by atoms with Gasteiger partial charge in [0.25, 0.3) is 20.2 Å². The van der Waals surface area contributed by atoms with Crippen molar-refractivity contribution in [1.82, 2.24) is 0 Å². The Morgan fingerprint density at radius 2 is 0.889 bits per heavy atom. The van der Waals surface area contributed by atoms with Crippen LogP contribution in [0.1, 0.15) is 0 Å². The molecule has 0 fully saturated rings. The molecule has 0 atom stereocenters. The van der Waals surface area contributed by atoms with Crippen LogP contribution in [-0.2, 0) is 20.2 Å². The van der Waals surface area contributed by atoms with E-state index in [9.17, 15) is 25.9 Å². The Bertz CT molecular complexity index is 1800. The molecule has 0 bridgehead atoms. The summed E-state index contributed by atoms with van der Waals surface area (Å²) in [5, 5.41) is 0.402. The maximum Gasteiger partial charge on any atom is 0.296 e. The Morgan fingerprint density at radius 3 is 1.36 bits per heavy atom. The first-order chi connectivity index (χ1) is 17.2. The minimum absolute atomic E-state index is 0.0205. The maximum atomic E-state index is 12.9. The molecule has 0 saturated carbocycles. The third-order valence-corrected chi connectivity index (χ3v) is 7.96. The zero-order chi connectivity index (χ0) is 25.5. The van der Waals surface area contributed by atoms with Crippen molar-refractivity contribution in [3.8, 4) is 33.4 Å². The maximum absolute atomic E-state index is 12.9. The SMILES string of the molecule is O=S(=O)(O)c1c(-c2ccccc2)c(-c2ccccc2)c2c(-c3ccccc3)cccc2c1S(=O)(=O)O. The molecule has 0 unspecified atom stereocenters. The van der Waals surface area contributed by atoms with Crippen molar-refractivity contribution in [3.05, 3.63) is 109 Å². The largest absolute Gasteiger partial charge is 0.296 e. The smallest absolute Gasteiger partial charge is 0.282 e. The van der Waals surface area contributed by atoms with Crippen LogP contribution in [-0.4, -0.2) is 25.9 Å². The first kappa shape index (κ1) is 23.9. The predicted molar refractivity (Wildman–Crippen MR) is 140 cm³/mol. The Kier molecular flexibility index (Phi) is 5.97. The van der Waals surface area contributed by atoms with E-state index in [0.717, 1.165) is 5.56 Å². The number of hydrogen-bond donors (Lipinski definition) is 2. The number of benzene rings is 5. The summed E-state index contributed by atoms with van der Waals surface area (Å²) in [4.78, 5) is -1.73. The zero-order valence-corrected chi connectivity index (χ0v) is 20.4. The lowest BCUT2D eigenvalue weighted by molar-refractivity contribution is 0.468. The van der Waals surface area contributed by atoms with Crippen LogP contribution in [0.4, 0.5) is 0 Å². The van der Waals surface area contributed by atoms with Crippen molar-refractivity contribution in [2.45, 2.75) is 9.79 Å². The zero-order valence-electron chi connectivity index (χ0n) is 18.7. The highest BCUT2D eigenvalue weighted by atomic mass is 32.2. The average molecular weight is 517 g/mol. The Hall–Kier alpha value is -3.82. The van der Waals surface area contributed by atoms with Crippen LogP contribution in [0.15, 0.2) is 119 Å². The van der Waals surface area contributed by atoms with E-state index in [1.807, 2.05) is 36.4 Å². The number of hydrogen-bond acceptors (Lipinski definition) is 4. The van der Waals surface area contributed by atoms with Crippen LogP contribution in [0, 0.1) is 0 Å². The van der Waals surface area contributed by atoms with Gasteiger partial charge in [-0.15, -0.1) is 0 Å². The summed E-state index contributed by atoms with van der Waals surface area (Å²) in [5.74, 6) is 0. The lowest BCUT2D eigenvalue weighted by Gasteiger charge is -2.22. The summed E-state index contributed by atoms with van der Waals surface area (Å²) < 4.78 is 72.0. The van der Waals surface area contributed by atoms with Crippen LogP contribution in [0.25, 0.3) is 44.2 Å². The van der Waals surface area contributed by atoms with Crippen molar-refractivity contribution in [2.75, 3.05) is 0 Å². The van der Waals surface area contributed by atoms with Crippen molar-refractivity contribution in [3.63, 3.8) is 0 Å². The van der Waals surface area contributed by atoms with E-state index in [0.29, 0.717) is 27.6 Å². The summed E-state index contributed by atoms with van der Waals surface area (Å²) in [6, 6.07) is 31.3. The Labute approximate surface area is 209 Å². The fourth-order valence-corrected chi connectivity index (χ4v) is 6.86. The lowest BCUT2D eigenvalue weighted by atomic mass is 9.86. The quantitative estimate of drug-likeness (QED) is 0.264. The summed E-state index contributed by atoms with van der Waals surface area (Å²) in [6.45, 7) is 0. The highest BCUT2D eigenvalue weighted by Crippen LogP contribution is 2.49. The fraction of sp³-hybridized carbons (Fsp3) is 0. The van der Waals surface area contributed by atoms with Crippen LogP contribution in [0.3, 0.4) is 0 Å². The molecule has 0 spiro atoms. The van der Waals surface area contributed by atoms with Gasteiger partial charge in [0, 0.05) is 10.9 Å². The fourth-order valence-electron chi connectivity index (χ4n) is 4.62. The monoisotopic (exact) mass is 516 g/mol. The molecule has 6 nitrogen and oxygen atoms in total. The molecule has 0 amide bonds. The van der Waals surface area contributed by atoms with Gasteiger partial charge in [0.05, 0.1) is 0 Å². The molecular weight excluding hydrogens is 496 g/mol. The van der Waals surface area contributed by atoms with Crippen molar-refractivity contribution in [2.24, 2.45) is 0 Å². The Balaban J connectivity index is 2.19. The van der Waals surface area contributed by atoms with Gasteiger partial charge in [-0.25, -0.2) is 0 Å². The molecule has 2 N–H and O–H groups in total. The van der Waals surface area contributed by atoms with Gasteiger partial charge in [-0.05, 0) is 33.2 Å². The molecule has 5 rings (SSSR count). The molecule has 0 aliphatic carbocycles. The molecular formula is C28H20O6S2. The minimum Gasteiger partial charge on any atom is -0.282 e. The van der Waals surface area contributed by atoms with Gasteiger partial charge in [0.2, 0.25) is 0 Å². The standard InChI is InChI=1S/C28H20O6S2/c29-35(30,31)27-23-18-10-17-22(19-11-4-1-5-12-19)26(23)24(20-13-6-2-7-14-20)25(28(27)36(32,33)34)21-15-8-3-9-16-21/h1-18H,(H,29,30,31)(H,32,33,34). The normalized spacial score (nSPS) is 12.1.